The summed E-state index contributed by atoms with van der Waals surface area (Å²) in [6, 6.07) is 13.8. The normalized spacial score (nSPS) is 14.4. The molecular weight excluding hydrogens is 448 g/mol. The summed E-state index contributed by atoms with van der Waals surface area (Å²) in [6.45, 7) is 0.187. The number of hydrogen-bond acceptors (Lipinski definition) is 7. The van der Waals surface area contributed by atoms with Crippen LogP contribution in [0.3, 0.4) is 0 Å². The second-order valence-electron chi connectivity index (χ2n) is 5.78. The Morgan fingerprint density at radius 1 is 1.07 bits per heavy atom. The molecule has 0 unspecified atom stereocenters. The van der Waals surface area contributed by atoms with Crippen LogP contribution in [0.1, 0.15) is 16.0 Å². The lowest BCUT2D eigenvalue weighted by atomic mass is 10.2. The third kappa shape index (κ3) is 4.44. The number of nitrogens with zero attached hydrogens (tertiary/aromatic N) is 2. The summed E-state index contributed by atoms with van der Waals surface area (Å²) < 4.78 is 18.5. The molecule has 1 fully saturated rings. The van der Waals surface area contributed by atoms with Crippen molar-refractivity contribution >= 4 is 39.5 Å². The van der Waals surface area contributed by atoms with Crippen molar-refractivity contribution in [2.24, 2.45) is 0 Å². The van der Waals surface area contributed by atoms with Crippen LogP contribution in [-0.2, 0) is 6.61 Å². The van der Waals surface area contributed by atoms with E-state index in [9.17, 15) is 0 Å². The quantitative estimate of drug-likeness (QED) is 0.472. The highest BCUT2D eigenvalue weighted by Crippen LogP contribution is 2.47. The first-order valence-corrected chi connectivity index (χ1v) is 11.2. The smallest absolute Gasteiger partial charge is 0.254 e. The van der Waals surface area contributed by atoms with Gasteiger partial charge >= 0.3 is 0 Å². The zero-order chi connectivity index (χ0) is 18.6. The monoisotopic (exact) mass is 464 g/mol. The largest absolute Gasteiger partial charge is 0.493 e. The Morgan fingerprint density at radius 2 is 1.85 bits per heavy atom. The fraction of sp³-hybridized carbons (Fsp3) is 0.263. The SMILES string of the molecule is COc1cc(C2SCCS2)ccc1OCc1nnc(-c2ccc(Br)cc2)o1. The molecule has 27 heavy (non-hydrogen) atoms. The molecule has 1 saturated heterocycles. The summed E-state index contributed by atoms with van der Waals surface area (Å²) in [5.41, 5.74) is 2.12. The zero-order valence-electron chi connectivity index (χ0n) is 14.6. The van der Waals surface area contributed by atoms with Gasteiger partial charge in [0.15, 0.2) is 18.1 Å². The predicted octanol–water partition coefficient (Wildman–Crippen LogP) is 5.57. The van der Waals surface area contributed by atoms with E-state index >= 15 is 0 Å². The lowest BCUT2D eigenvalue weighted by Crippen LogP contribution is -1.99. The summed E-state index contributed by atoms with van der Waals surface area (Å²) in [7, 11) is 1.65. The molecule has 0 spiro atoms. The van der Waals surface area contributed by atoms with Gasteiger partial charge in [0.05, 0.1) is 11.7 Å². The van der Waals surface area contributed by atoms with Gasteiger partial charge in [-0.2, -0.15) is 0 Å². The highest BCUT2D eigenvalue weighted by Gasteiger charge is 2.20. The van der Waals surface area contributed by atoms with E-state index in [-0.39, 0.29) is 6.61 Å². The van der Waals surface area contributed by atoms with Crippen molar-refractivity contribution < 1.29 is 13.9 Å². The highest BCUT2D eigenvalue weighted by molar-refractivity contribution is 9.10. The first kappa shape index (κ1) is 18.7. The fourth-order valence-corrected chi connectivity index (χ4v) is 5.76. The standard InChI is InChI=1S/C19H17BrN2O3S2/c1-23-16-10-13(19-26-8-9-27-19)4-7-15(16)24-11-17-21-22-18(25-17)12-2-5-14(20)6-3-12/h2-7,10,19H,8-9,11H2,1H3. The van der Waals surface area contributed by atoms with Crippen LogP contribution in [0.5, 0.6) is 11.5 Å². The maximum absolute atomic E-state index is 5.86. The van der Waals surface area contributed by atoms with E-state index in [0.717, 1.165) is 10.0 Å². The Bertz CT molecular complexity index is 912. The van der Waals surface area contributed by atoms with Crippen LogP contribution < -0.4 is 9.47 Å². The van der Waals surface area contributed by atoms with Crippen molar-refractivity contribution in [2.75, 3.05) is 18.6 Å². The number of aromatic nitrogens is 2. The van der Waals surface area contributed by atoms with E-state index in [1.165, 1.54) is 17.1 Å². The molecule has 4 rings (SSSR count). The first-order valence-electron chi connectivity index (χ1n) is 8.35. The fourth-order valence-electron chi connectivity index (χ4n) is 2.66. The molecule has 0 atom stereocenters. The number of rotatable bonds is 6. The number of ether oxygens (including phenoxy) is 2. The minimum Gasteiger partial charge on any atom is -0.493 e. The Balaban J connectivity index is 1.44. The van der Waals surface area contributed by atoms with Gasteiger partial charge in [-0.15, -0.1) is 33.7 Å². The molecular formula is C19H17BrN2O3S2. The van der Waals surface area contributed by atoms with Crippen LogP contribution >= 0.6 is 39.5 Å². The van der Waals surface area contributed by atoms with Gasteiger partial charge < -0.3 is 13.9 Å². The molecule has 140 valence electrons. The van der Waals surface area contributed by atoms with Crippen LogP contribution in [0.2, 0.25) is 0 Å². The minimum atomic E-state index is 0.187. The van der Waals surface area contributed by atoms with Gasteiger partial charge in [-0.25, -0.2) is 0 Å². The van der Waals surface area contributed by atoms with E-state index in [1.807, 2.05) is 59.9 Å². The lowest BCUT2D eigenvalue weighted by molar-refractivity contribution is 0.251. The number of hydrogen-bond donors (Lipinski definition) is 0. The molecule has 2 aromatic carbocycles. The van der Waals surface area contributed by atoms with Gasteiger partial charge in [0.25, 0.3) is 5.89 Å². The van der Waals surface area contributed by atoms with Gasteiger partial charge in [0, 0.05) is 21.5 Å². The van der Waals surface area contributed by atoms with E-state index in [0.29, 0.717) is 27.9 Å². The maximum Gasteiger partial charge on any atom is 0.254 e. The summed E-state index contributed by atoms with van der Waals surface area (Å²) in [5.74, 6) is 4.65. The van der Waals surface area contributed by atoms with Crippen LogP contribution in [0.15, 0.2) is 51.4 Å². The Kier molecular flexibility index (Phi) is 5.95. The second kappa shape index (κ2) is 8.58. The van der Waals surface area contributed by atoms with Crippen molar-refractivity contribution in [1.82, 2.24) is 10.2 Å². The first-order chi connectivity index (χ1) is 13.2. The molecule has 1 aromatic heterocycles. The van der Waals surface area contributed by atoms with Crippen LogP contribution in [0.25, 0.3) is 11.5 Å². The average molecular weight is 465 g/mol. The molecule has 0 aliphatic carbocycles. The second-order valence-corrected chi connectivity index (χ2v) is 9.42. The molecule has 3 aromatic rings. The Morgan fingerprint density at radius 3 is 2.59 bits per heavy atom. The van der Waals surface area contributed by atoms with Gasteiger partial charge in [-0.1, -0.05) is 22.0 Å². The number of methoxy groups -OCH3 is 1. The van der Waals surface area contributed by atoms with E-state index < -0.39 is 0 Å². The minimum absolute atomic E-state index is 0.187. The van der Waals surface area contributed by atoms with E-state index in [2.05, 4.69) is 32.2 Å². The Hall–Kier alpha value is -1.64. The van der Waals surface area contributed by atoms with Crippen molar-refractivity contribution in [2.45, 2.75) is 11.2 Å². The molecule has 1 aliphatic heterocycles. The summed E-state index contributed by atoms with van der Waals surface area (Å²) in [4.78, 5) is 0. The molecule has 2 heterocycles. The van der Waals surface area contributed by atoms with Gasteiger partial charge in [0.1, 0.15) is 0 Å². The van der Waals surface area contributed by atoms with Crippen molar-refractivity contribution in [1.29, 1.82) is 0 Å². The molecule has 0 amide bonds. The molecule has 1 aliphatic rings. The van der Waals surface area contributed by atoms with Crippen LogP contribution in [0, 0.1) is 0 Å². The van der Waals surface area contributed by atoms with Crippen LogP contribution in [-0.4, -0.2) is 28.8 Å². The van der Waals surface area contributed by atoms with Crippen molar-refractivity contribution in [3.63, 3.8) is 0 Å². The van der Waals surface area contributed by atoms with E-state index in [4.69, 9.17) is 13.9 Å². The average Bonchev–Trinajstić information content (AvgIpc) is 3.39. The number of benzene rings is 2. The summed E-state index contributed by atoms with van der Waals surface area (Å²) in [6.07, 6.45) is 0. The summed E-state index contributed by atoms with van der Waals surface area (Å²) in [5, 5.41) is 8.15. The third-order valence-electron chi connectivity index (χ3n) is 3.99. The number of halogens is 1. The predicted molar refractivity (Wildman–Crippen MR) is 112 cm³/mol. The summed E-state index contributed by atoms with van der Waals surface area (Å²) >= 11 is 7.34. The van der Waals surface area contributed by atoms with E-state index in [1.54, 1.807) is 7.11 Å². The number of thioether (sulfide) groups is 2. The highest BCUT2D eigenvalue weighted by atomic mass is 79.9. The molecule has 0 bridgehead atoms. The van der Waals surface area contributed by atoms with Gasteiger partial charge in [0.2, 0.25) is 5.89 Å². The lowest BCUT2D eigenvalue weighted by Gasteiger charge is -2.13. The molecule has 0 radical (unpaired) electrons. The van der Waals surface area contributed by atoms with Gasteiger partial charge in [-0.3, -0.25) is 0 Å². The Labute approximate surface area is 174 Å². The molecule has 0 N–H and O–H groups in total. The van der Waals surface area contributed by atoms with Crippen molar-refractivity contribution in [3.05, 3.63) is 58.4 Å². The van der Waals surface area contributed by atoms with Gasteiger partial charge in [-0.05, 0) is 42.0 Å². The third-order valence-corrected chi connectivity index (χ3v) is 7.62. The topological polar surface area (TPSA) is 57.4 Å². The molecule has 0 saturated carbocycles. The maximum atomic E-state index is 5.86. The zero-order valence-corrected chi connectivity index (χ0v) is 17.8. The van der Waals surface area contributed by atoms with Crippen LogP contribution in [0.4, 0.5) is 0 Å². The molecule has 8 heteroatoms. The molecule has 5 nitrogen and oxygen atoms in total. The van der Waals surface area contributed by atoms with Crippen molar-refractivity contribution in [3.8, 4) is 23.0 Å².